The Morgan fingerprint density at radius 3 is 3.15 bits per heavy atom. The Labute approximate surface area is 87.0 Å². The van der Waals surface area contributed by atoms with Crippen LogP contribution in [0.5, 0.6) is 0 Å². The van der Waals surface area contributed by atoms with Crippen molar-refractivity contribution >= 4 is 28.4 Å². The van der Waals surface area contributed by atoms with Gasteiger partial charge in [-0.25, -0.2) is 0 Å². The van der Waals surface area contributed by atoms with E-state index in [1.165, 1.54) is 28.4 Å². The van der Waals surface area contributed by atoms with Crippen LogP contribution in [-0.4, -0.2) is 16.5 Å². The van der Waals surface area contributed by atoms with E-state index >= 15 is 0 Å². The van der Waals surface area contributed by atoms with Crippen molar-refractivity contribution in [2.24, 2.45) is 0 Å². The number of nitrogens with zero attached hydrogens (tertiary/aromatic N) is 1. The molecule has 1 nitrogen and oxygen atoms in total. The first-order chi connectivity index (χ1) is 6.47. The Balaban J connectivity index is 2.19. The normalized spacial score (nSPS) is 17.7. The number of hydrogen-bond donors (Lipinski definition) is 0. The van der Waals surface area contributed by atoms with Crippen molar-refractivity contribution in [1.82, 2.24) is 4.98 Å². The van der Waals surface area contributed by atoms with E-state index in [-0.39, 0.29) is 0 Å². The van der Waals surface area contributed by atoms with Gasteiger partial charge in [-0.3, -0.25) is 4.98 Å². The molecule has 0 spiro atoms. The molecular formula is C10H11NS2. The molecule has 1 aromatic rings. The summed E-state index contributed by atoms with van der Waals surface area (Å²) in [5, 5.41) is 2.26. The summed E-state index contributed by atoms with van der Waals surface area (Å²) in [7, 11) is 0. The first kappa shape index (κ1) is 9.16. The van der Waals surface area contributed by atoms with Crippen LogP contribution in [0.2, 0.25) is 0 Å². The predicted octanol–water partition coefficient (Wildman–Crippen LogP) is 3.25. The van der Waals surface area contributed by atoms with Crippen molar-refractivity contribution in [1.29, 1.82) is 0 Å². The molecule has 3 heteroatoms. The molecule has 0 saturated carbocycles. The molecule has 68 valence electrons. The molecule has 0 fully saturated rings. The van der Waals surface area contributed by atoms with Gasteiger partial charge in [0.15, 0.2) is 0 Å². The van der Waals surface area contributed by atoms with E-state index in [4.69, 9.17) is 0 Å². The van der Waals surface area contributed by atoms with Crippen molar-refractivity contribution in [3.63, 3.8) is 0 Å². The van der Waals surface area contributed by atoms with Crippen molar-refractivity contribution in [2.75, 3.05) is 11.5 Å². The third-order valence-electron chi connectivity index (χ3n) is 1.80. The van der Waals surface area contributed by atoms with E-state index in [0.29, 0.717) is 0 Å². The molecule has 13 heavy (non-hydrogen) atoms. The van der Waals surface area contributed by atoms with Gasteiger partial charge in [0.1, 0.15) is 0 Å². The van der Waals surface area contributed by atoms with Gasteiger partial charge in [-0.15, -0.1) is 23.5 Å². The van der Waals surface area contributed by atoms with Crippen LogP contribution in [-0.2, 0) is 0 Å². The van der Waals surface area contributed by atoms with Crippen LogP contribution in [0.3, 0.4) is 0 Å². The van der Waals surface area contributed by atoms with E-state index in [9.17, 15) is 0 Å². The van der Waals surface area contributed by atoms with Crippen LogP contribution in [0.15, 0.2) is 29.9 Å². The molecule has 2 rings (SSSR count). The van der Waals surface area contributed by atoms with Gasteiger partial charge in [-0.05, 0) is 29.4 Å². The topological polar surface area (TPSA) is 12.9 Å². The third-order valence-corrected chi connectivity index (χ3v) is 4.03. The van der Waals surface area contributed by atoms with Crippen molar-refractivity contribution < 1.29 is 0 Å². The second-order valence-corrected chi connectivity index (χ2v) is 4.91. The molecule has 1 aromatic heterocycles. The summed E-state index contributed by atoms with van der Waals surface area (Å²) in [5.41, 5.74) is 1.25. The van der Waals surface area contributed by atoms with E-state index in [2.05, 4.69) is 16.5 Å². The molecular weight excluding hydrogens is 198 g/mol. The summed E-state index contributed by atoms with van der Waals surface area (Å²) in [4.78, 5) is 5.50. The molecule has 0 saturated heterocycles. The summed E-state index contributed by atoms with van der Waals surface area (Å²) in [6.07, 6.45) is 5.05. The number of hydrogen-bond acceptors (Lipinski definition) is 3. The average Bonchev–Trinajstić information content (AvgIpc) is 2.47. The summed E-state index contributed by atoms with van der Waals surface area (Å²) in [6.45, 7) is 0. The summed E-state index contributed by atoms with van der Waals surface area (Å²) >= 11 is 3.85. The number of thioether (sulfide) groups is 2. The Bertz CT molecular complexity index is 295. The average molecular weight is 209 g/mol. The second-order valence-electron chi connectivity index (χ2n) is 2.80. The quantitative estimate of drug-likeness (QED) is 0.704. The lowest BCUT2D eigenvalue weighted by Gasteiger charge is -2.02. The van der Waals surface area contributed by atoms with E-state index in [0.717, 1.165) is 0 Å². The first-order valence-electron chi connectivity index (χ1n) is 4.32. The number of pyridine rings is 1. The van der Waals surface area contributed by atoms with E-state index in [1.54, 1.807) is 0 Å². The minimum absolute atomic E-state index is 1.23. The van der Waals surface area contributed by atoms with Crippen molar-refractivity contribution in [3.05, 3.63) is 35.5 Å². The zero-order valence-electron chi connectivity index (χ0n) is 7.27. The van der Waals surface area contributed by atoms with Crippen LogP contribution in [0.1, 0.15) is 12.0 Å². The molecule has 0 atom stereocenters. The molecule has 0 unspecified atom stereocenters. The van der Waals surface area contributed by atoms with Crippen molar-refractivity contribution in [3.8, 4) is 0 Å². The lowest BCUT2D eigenvalue weighted by molar-refractivity contribution is 1.13. The van der Waals surface area contributed by atoms with Gasteiger partial charge in [-0.1, -0.05) is 6.07 Å². The van der Waals surface area contributed by atoms with Crippen LogP contribution < -0.4 is 0 Å². The zero-order chi connectivity index (χ0) is 8.93. The Morgan fingerprint density at radius 1 is 1.31 bits per heavy atom. The lowest BCUT2D eigenvalue weighted by atomic mass is 10.3. The Kier molecular flexibility index (Phi) is 3.33. The molecule has 1 aliphatic rings. The molecule has 0 amide bonds. The van der Waals surface area contributed by atoms with Crippen LogP contribution in [0.4, 0.5) is 0 Å². The molecule has 2 heterocycles. The Morgan fingerprint density at radius 2 is 2.31 bits per heavy atom. The first-order valence-corrected chi connectivity index (χ1v) is 6.35. The highest BCUT2D eigenvalue weighted by molar-refractivity contribution is 8.10. The maximum atomic E-state index is 4.13. The SMILES string of the molecule is C1=C(c2cccnc2)SCCCS1. The maximum absolute atomic E-state index is 4.13. The fourth-order valence-electron chi connectivity index (χ4n) is 1.15. The van der Waals surface area contributed by atoms with Gasteiger partial charge in [0.05, 0.1) is 0 Å². The summed E-state index contributed by atoms with van der Waals surface area (Å²) < 4.78 is 0. The van der Waals surface area contributed by atoms with Gasteiger partial charge in [-0.2, -0.15) is 0 Å². The van der Waals surface area contributed by atoms with E-state index < -0.39 is 0 Å². The number of aromatic nitrogens is 1. The van der Waals surface area contributed by atoms with Crippen LogP contribution in [0, 0.1) is 0 Å². The molecule has 0 bridgehead atoms. The minimum atomic E-state index is 1.23. The smallest absolute Gasteiger partial charge is 0.0351 e. The third kappa shape index (κ3) is 2.51. The highest BCUT2D eigenvalue weighted by Gasteiger charge is 2.05. The standard InChI is InChI=1S/C10H11NS2/c1-3-9(7-11-4-1)10-8-12-5-2-6-13-10/h1,3-4,7-8H,2,5-6H2. The van der Waals surface area contributed by atoms with Gasteiger partial charge in [0, 0.05) is 22.9 Å². The van der Waals surface area contributed by atoms with Crippen LogP contribution in [0.25, 0.3) is 4.91 Å². The molecule has 0 aliphatic carbocycles. The zero-order valence-corrected chi connectivity index (χ0v) is 8.90. The Hall–Kier alpha value is -0.410. The van der Waals surface area contributed by atoms with Gasteiger partial charge in [0.25, 0.3) is 0 Å². The number of rotatable bonds is 1. The fraction of sp³-hybridized carbons (Fsp3) is 0.300. The highest BCUT2D eigenvalue weighted by Crippen LogP contribution is 2.33. The summed E-state index contributed by atoms with van der Waals surface area (Å²) in [5.74, 6) is 2.48. The molecule has 1 aliphatic heterocycles. The predicted molar refractivity (Wildman–Crippen MR) is 61.7 cm³/mol. The van der Waals surface area contributed by atoms with E-state index in [1.807, 2.05) is 42.0 Å². The highest BCUT2D eigenvalue weighted by atomic mass is 32.2. The fourth-order valence-corrected chi connectivity index (χ4v) is 3.32. The summed E-state index contributed by atoms with van der Waals surface area (Å²) in [6, 6.07) is 4.12. The van der Waals surface area contributed by atoms with Crippen molar-refractivity contribution in [2.45, 2.75) is 6.42 Å². The lowest BCUT2D eigenvalue weighted by Crippen LogP contribution is -1.82. The maximum Gasteiger partial charge on any atom is 0.0351 e. The molecule has 0 radical (unpaired) electrons. The van der Waals surface area contributed by atoms with Crippen LogP contribution >= 0.6 is 23.5 Å². The molecule has 0 aromatic carbocycles. The largest absolute Gasteiger partial charge is 0.264 e. The minimum Gasteiger partial charge on any atom is -0.264 e. The van der Waals surface area contributed by atoms with Gasteiger partial charge < -0.3 is 0 Å². The van der Waals surface area contributed by atoms with Gasteiger partial charge in [0.2, 0.25) is 0 Å². The molecule has 0 N–H and O–H groups in total. The second kappa shape index (κ2) is 4.72. The monoisotopic (exact) mass is 209 g/mol. The van der Waals surface area contributed by atoms with Gasteiger partial charge >= 0.3 is 0 Å².